The normalized spacial score (nSPS) is 13.3. The highest BCUT2D eigenvalue weighted by Crippen LogP contribution is 2.06. The monoisotopic (exact) mass is 198 g/mol. The lowest BCUT2D eigenvalue weighted by atomic mass is 10.2. The van der Waals surface area contributed by atoms with E-state index < -0.39 is 8.32 Å². The molecule has 0 aromatic carbocycles. The quantitative estimate of drug-likeness (QED) is 0.382. The summed E-state index contributed by atoms with van der Waals surface area (Å²) in [4.78, 5) is 0. The van der Waals surface area contributed by atoms with Crippen molar-refractivity contribution in [2.45, 2.75) is 58.9 Å². The van der Waals surface area contributed by atoms with Crippen LogP contribution in [-0.4, -0.2) is 14.4 Å². The third-order valence-electron chi connectivity index (χ3n) is 1.49. The van der Waals surface area contributed by atoms with Gasteiger partial charge in [-0.25, -0.2) is 0 Å². The molecule has 0 saturated carbocycles. The number of hydrogen-bond acceptors (Lipinski definition) is 1. The second-order valence-electron chi connectivity index (χ2n) is 4.30. The van der Waals surface area contributed by atoms with E-state index in [0.717, 1.165) is 6.42 Å². The third-order valence-corrected chi connectivity index (χ3v) is 2.55. The Morgan fingerprint density at radius 2 is 1.92 bits per heavy atom. The van der Waals surface area contributed by atoms with Gasteiger partial charge in [-0.2, -0.15) is 0 Å². The summed E-state index contributed by atoms with van der Waals surface area (Å²) in [5.74, 6) is 6.29. The molecule has 1 nitrogen and oxygen atoms in total. The van der Waals surface area contributed by atoms with Gasteiger partial charge in [-0.05, 0) is 33.0 Å². The lowest BCUT2D eigenvalue weighted by Gasteiger charge is -2.19. The van der Waals surface area contributed by atoms with Gasteiger partial charge in [-0.15, -0.1) is 5.92 Å². The lowest BCUT2D eigenvalue weighted by molar-refractivity contribution is 0.272. The van der Waals surface area contributed by atoms with Gasteiger partial charge in [-0.3, -0.25) is 0 Å². The van der Waals surface area contributed by atoms with Gasteiger partial charge in [0.15, 0.2) is 8.32 Å². The van der Waals surface area contributed by atoms with Crippen molar-refractivity contribution in [1.82, 2.24) is 0 Å². The van der Waals surface area contributed by atoms with Gasteiger partial charge in [0.25, 0.3) is 0 Å². The van der Waals surface area contributed by atoms with Crippen LogP contribution in [0.15, 0.2) is 0 Å². The molecule has 0 aliphatic heterocycles. The molecule has 0 aliphatic carbocycles. The predicted octanol–water partition coefficient (Wildman–Crippen LogP) is 3.42. The minimum atomic E-state index is -1.39. The molecule has 0 aliphatic rings. The van der Waals surface area contributed by atoms with Gasteiger partial charge in [0.2, 0.25) is 0 Å². The first-order chi connectivity index (χ1) is 5.95. The van der Waals surface area contributed by atoms with Crippen molar-refractivity contribution in [3.8, 4) is 11.8 Å². The van der Waals surface area contributed by atoms with Crippen molar-refractivity contribution in [2.24, 2.45) is 0 Å². The highest BCUT2D eigenvalue weighted by molar-refractivity contribution is 6.69. The summed E-state index contributed by atoms with van der Waals surface area (Å²) >= 11 is 0. The highest BCUT2D eigenvalue weighted by Gasteiger charge is 2.16. The summed E-state index contributed by atoms with van der Waals surface area (Å²) in [6.07, 6.45) is 3.55. The van der Waals surface area contributed by atoms with Crippen molar-refractivity contribution in [3.63, 3.8) is 0 Å². The summed E-state index contributed by atoms with van der Waals surface area (Å²) in [7, 11) is -1.39. The first kappa shape index (κ1) is 12.7. The van der Waals surface area contributed by atoms with Crippen LogP contribution in [0, 0.1) is 11.8 Å². The molecule has 0 aromatic rings. The van der Waals surface area contributed by atoms with E-state index in [2.05, 4.69) is 38.4 Å². The molecule has 0 heterocycles. The summed E-state index contributed by atoms with van der Waals surface area (Å²) < 4.78 is 5.78. The average Bonchev–Trinajstić information content (AvgIpc) is 1.94. The minimum absolute atomic E-state index is 0.114. The smallest absolute Gasteiger partial charge is 0.185 e. The van der Waals surface area contributed by atoms with Crippen LogP contribution in [0.1, 0.15) is 33.1 Å². The highest BCUT2D eigenvalue weighted by atomic mass is 28.4. The van der Waals surface area contributed by atoms with E-state index in [-0.39, 0.29) is 6.10 Å². The molecule has 0 saturated heterocycles. The van der Waals surface area contributed by atoms with Gasteiger partial charge in [0, 0.05) is 6.42 Å². The van der Waals surface area contributed by atoms with E-state index in [9.17, 15) is 0 Å². The van der Waals surface area contributed by atoms with Crippen molar-refractivity contribution < 1.29 is 4.43 Å². The molecular formula is C11H22OSi. The number of rotatable bonds is 4. The Balaban J connectivity index is 3.70. The van der Waals surface area contributed by atoms with Crippen molar-refractivity contribution >= 4 is 8.32 Å². The second kappa shape index (κ2) is 6.23. The van der Waals surface area contributed by atoms with Gasteiger partial charge >= 0.3 is 0 Å². The number of unbranched alkanes of at least 4 members (excludes halogenated alkanes) is 2. The Hall–Kier alpha value is -0.263. The first-order valence-electron chi connectivity index (χ1n) is 5.12. The molecular weight excluding hydrogens is 176 g/mol. The summed E-state index contributed by atoms with van der Waals surface area (Å²) in [5.41, 5.74) is 0. The first-order valence-corrected chi connectivity index (χ1v) is 8.52. The predicted molar refractivity (Wildman–Crippen MR) is 61.2 cm³/mol. The van der Waals surface area contributed by atoms with E-state index in [1.807, 2.05) is 6.92 Å². The van der Waals surface area contributed by atoms with Crippen molar-refractivity contribution in [3.05, 3.63) is 0 Å². The zero-order valence-corrected chi connectivity index (χ0v) is 10.6. The fourth-order valence-corrected chi connectivity index (χ4v) is 2.16. The lowest BCUT2D eigenvalue weighted by Crippen LogP contribution is -2.29. The Labute approximate surface area is 84.0 Å². The van der Waals surface area contributed by atoms with Gasteiger partial charge in [0.05, 0.1) is 0 Å². The minimum Gasteiger partial charge on any atom is -0.404 e. The maximum absolute atomic E-state index is 5.78. The Kier molecular flexibility index (Phi) is 6.10. The summed E-state index contributed by atoms with van der Waals surface area (Å²) in [6.45, 7) is 10.8. The molecule has 1 unspecified atom stereocenters. The molecule has 2 heteroatoms. The van der Waals surface area contributed by atoms with Gasteiger partial charge in [-0.1, -0.05) is 19.3 Å². The third kappa shape index (κ3) is 9.65. The fourth-order valence-electron chi connectivity index (χ4n) is 1.04. The standard InChI is InChI=1S/C11H22OSi/c1-6-7-8-9-10-11(2)12-13(3,4)5/h11H,6-8H2,1-5H3. The molecule has 0 aromatic heterocycles. The van der Waals surface area contributed by atoms with Crippen LogP contribution in [-0.2, 0) is 4.43 Å². The van der Waals surface area contributed by atoms with E-state index in [0.29, 0.717) is 0 Å². The van der Waals surface area contributed by atoms with E-state index in [1.165, 1.54) is 12.8 Å². The molecule has 0 amide bonds. The Bertz CT molecular complexity index is 182. The summed E-state index contributed by atoms with van der Waals surface area (Å²) in [6, 6.07) is 0. The Morgan fingerprint density at radius 3 is 2.38 bits per heavy atom. The molecule has 0 N–H and O–H groups in total. The van der Waals surface area contributed by atoms with Crippen LogP contribution >= 0.6 is 0 Å². The molecule has 0 radical (unpaired) electrons. The zero-order chi connectivity index (χ0) is 10.3. The van der Waals surface area contributed by atoms with Crippen LogP contribution in [0.2, 0.25) is 19.6 Å². The van der Waals surface area contributed by atoms with Crippen LogP contribution < -0.4 is 0 Å². The van der Waals surface area contributed by atoms with Gasteiger partial charge < -0.3 is 4.43 Å². The van der Waals surface area contributed by atoms with E-state index in [4.69, 9.17) is 4.43 Å². The molecule has 0 rings (SSSR count). The molecule has 1 atom stereocenters. The topological polar surface area (TPSA) is 9.23 Å². The van der Waals surface area contributed by atoms with Gasteiger partial charge in [0.1, 0.15) is 6.10 Å². The van der Waals surface area contributed by atoms with Crippen LogP contribution in [0.4, 0.5) is 0 Å². The van der Waals surface area contributed by atoms with Crippen molar-refractivity contribution in [1.29, 1.82) is 0 Å². The number of hydrogen-bond donors (Lipinski definition) is 0. The van der Waals surface area contributed by atoms with E-state index in [1.54, 1.807) is 0 Å². The van der Waals surface area contributed by atoms with Crippen LogP contribution in [0.25, 0.3) is 0 Å². The largest absolute Gasteiger partial charge is 0.404 e. The average molecular weight is 198 g/mol. The fraction of sp³-hybridized carbons (Fsp3) is 0.818. The van der Waals surface area contributed by atoms with Crippen molar-refractivity contribution in [2.75, 3.05) is 0 Å². The van der Waals surface area contributed by atoms with Crippen LogP contribution in [0.5, 0.6) is 0 Å². The zero-order valence-electron chi connectivity index (χ0n) is 9.61. The molecule has 13 heavy (non-hydrogen) atoms. The maximum atomic E-state index is 5.78. The SMILES string of the molecule is CCCCC#CC(C)O[Si](C)(C)C. The van der Waals surface area contributed by atoms with E-state index >= 15 is 0 Å². The second-order valence-corrected chi connectivity index (χ2v) is 8.76. The molecule has 76 valence electrons. The molecule has 0 bridgehead atoms. The maximum Gasteiger partial charge on any atom is 0.185 e. The molecule has 0 fully saturated rings. The summed E-state index contributed by atoms with van der Waals surface area (Å²) in [5, 5.41) is 0. The van der Waals surface area contributed by atoms with Crippen LogP contribution in [0.3, 0.4) is 0 Å². The Morgan fingerprint density at radius 1 is 1.31 bits per heavy atom. The molecule has 0 spiro atoms.